The third-order valence-corrected chi connectivity index (χ3v) is 30.6. The van der Waals surface area contributed by atoms with Crippen LogP contribution in [0.2, 0.25) is 0 Å². The standard InChI is InChI=1S/C28H33F3N4O5S.C22H24F3N5O3S.C21H30FN3O3S/c1-26(2,3)40-24(37)13-21-27(4,5)41(38)22(9-10-34-41)28(6,35-21)17-11-16(7-8-18(17)29)12-20(36)19-14-33-23(15-32-19)39-25(30)31;1-21(2)19(26)30-22(3,17-6-7-29-34(17,21)32)13-8-12(4-5-14(13)23)9-16(31)15-10-28-18(11-27-15)33-20(24)25;1-19(2,3)28-18(26)12-16-20(4,5)29(27)17(9-10-24-29)21(6,25-16)14-11-13(23)7-8-15(14)22/h7-8,11,14-15,22,25H,9-10,12-13H2,1-6H3;4-5,8,10-11,17,20H,6-7,9H2,1-3H3,(H2,26,30);7-8,11,17H,9-10,12,23H2,1-6H3/t22-,28+,41+;17-,22+,34+;17-,21+,29+/m000/s1. The largest absolute Gasteiger partial charge is 0.460 e. The minimum absolute atomic E-state index is 0.0574. The number of esters is 2. The second-order valence-corrected chi connectivity index (χ2v) is 39.0. The van der Waals surface area contributed by atoms with Gasteiger partial charge in [0.1, 0.15) is 67.2 Å². The number of nitrogens with zero attached hydrogens (tertiary/aromatic N) is 10. The van der Waals surface area contributed by atoms with Crippen molar-refractivity contribution in [1.29, 1.82) is 0 Å². The topological polar surface area (TPSA) is 334 Å². The number of anilines is 1. The highest BCUT2D eigenvalue weighted by Crippen LogP contribution is 2.52. The fraction of sp³-hybridized carbons (Fsp3) is 0.535. The molecule has 0 saturated carbocycles. The number of amidine groups is 1. The number of Topliss-reactive ketones (excluding diaryl/α,β-unsaturated/α-hetero) is 2. The Hall–Kier alpha value is -8.33. The van der Waals surface area contributed by atoms with Gasteiger partial charge < -0.3 is 30.4 Å². The number of hydrogen-bond acceptors (Lipinski definition) is 23. The molecule has 8 heterocycles. The lowest BCUT2D eigenvalue weighted by Gasteiger charge is -2.46. The molecule has 6 aliphatic heterocycles. The molecule has 0 fully saturated rings. The molecule has 2 aromatic heterocycles. The van der Waals surface area contributed by atoms with E-state index in [9.17, 15) is 53.8 Å². The predicted octanol–water partition coefficient (Wildman–Crippen LogP) is 12.1. The molecule has 564 valence electrons. The summed E-state index contributed by atoms with van der Waals surface area (Å²) in [5, 5.41) is -1.65. The lowest BCUT2D eigenvalue weighted by molar-refractivity contribution is -0.154. The molecule has 0 amide bonds. The van der Waals surface area contributed by atoms with Gasteiger partial charge in [-0.25, -0.2) is 58.8 Å². The van der Waals surface area contributed by atoms with E-state index >= 15 is 8.78 Å². The van der Waals surface area contributed by atoms with E-state index in [-0.39, 0.29) is 59.6 Å². The van der Waals surface area contributed by atoms with E-state index in [1.165, 1.54) is 48.5 Å². The molecule has 9 atom stereocenters. The van der Waals surface area contributed by atoms with Gasteiger partial charge in [0.2, 0.25) is 11.8 Å². The van der Waals surface area contributed by atoms with Crippen molar-refractivity contribution in [3.05, 3.63) is 136 Å². The van der Waals surface area contributed by atoms with Gasteiger partial charge in [-0.05, 0) is 177 Å². The molecule has 6 aliphatic rings. The summed E-state index contributed by atoms with van der Waals surface area (Å²) in [6, 6.07) is 12.7. The van der Waals surface area contributed by atoms with Crippen molar-refractivity contribution in [3.63, 3.8) is 0 Å². The average molecular weight is 1510 g/mol. The molecule has 104 heavy (non-hydrogen) atoms. The number of alkyl halides is 4. The summed E-state index contributed by atoms with van der Waals surface area (Å²) < 4.78 is 167. The van der Waals surface area contributed by atoms with Gasteiger partial charge in [-0.1, -0.05) is 12.1 Å². The number of rotatable bonds is 17. The zero-order valence-corrected chi connectivity index (χ0v) is 62.9. The normalized spacial score (nSPS) is 27.6. The monoisotopic (exact) mass is 1510 g/mol. The summed E-state index contributed by atoms with van der Waals surface area (Å²) in [6.45, 7) is 21.2. The van der Waals surface area contributed by atoms with E-state index in [1.54, 1.807) is 110 Å². The fourth-order valence-electron chi connectivity index (χ4n) is 14.0. The molecule has 4 N–H and O–H groups in total. The van der Waals surface area contributed by atoms with E-state index in [4.69, 9.17) is 30.9 Å². The van der Waals surface area contributed by atoms with E-state index in [1.807, 2.05) is 0 Å². The highest BCUT2D eigenvalue weighted by molar-refractivity contribution is 7.97. The van der Waals surface area contributed by atoms with Crippen LogP contribution in [0.4, 0.5) is 36.4 Å². The molecule has 3 aromatic carbocycles. The summed E-state index contributed by atoms with van der Waals surface area (Å²) in [5.41, 5.74) is 9.50. The Morgan fingerprint density at radius 3 is 1.15 bits per heavy atom. The number of nitrogen functional groups attached to an aromatic ring is 1. The molecule has 0 saturated heterocycles. The first-order valence-electron chi connectivity index (χ1n) is 33.4. The van der Waals surface area contributed by atoms with Crippen LogP contribution in [0.25, 0.3) is 0 Å². The smallest absolute Gasteiger partial charge is 0.388 e. The Labute approximate surface area is 600 Å². The Bertz CT molecular complexity index is 4730. The number of ether oxygens (including phenoxy) is 4. The van der Waals surface area contributed by atoms with Gasteiger partial charge in [-0.3, -0.25) is 34.2 Å². The van der Waals surface area contributed by atoms with Crippen molar-refractivity contribution in [2.24, 2.45) is 33.8 Å². The van der Waals surface area contributed by atoms with Crippen molar-refractivity contribution < 1.29 is 81.5 Å². The number of fused-ring (bicyclic) bond motifs is 3. The molecule has 33 heteroatoms. The maximum Gasteiger partial charge on any atom is 0.388 e. The molecule has 0 unspecified atom stereocenters. The van der Waals surface area contributed by atoms with Crippen molar-refractivity contribution in [2.75, 3.05) is 25.4 Å². The second-order valence-electron chi connectivity index (χ2n) is 30.0. The van der Waals surface area contributed by atoms with E-state index in [0.29, 0.717) is 67.1 Å². The molecule has 0 radical (unpaired) electrons. The molecular formula is C71H87F7N12O11S3. The van der Waals surface area contributed by atoms with Gasteiger partial charge in [-0.2, -0.15) is 17.6 Å². The number of benzene rings is 3. The van der Waals surface area contributed by atoms with Crippen molar-refractivity contribution in [1.82, 2.24) is 19.9 Å². The number of aliphatic imine (C=N–C) groups is 3. The van der Waals surface area contributed by atoms with Gasteiger partial charge in [0, 0.05) is 66.3 Å². The van der Waals surface area contributed by atoms with Crippen LogP contribution < -0.4 is 20.9 Å². The summed E-state index contributed by atoms with van der Waals surface area (Å²) in [4.78, 5) is 80.3. The number of carbonyl (C=O) groups is 4. The van der Waals surface area contributed by atoms with Crippen LogP contribution >= 0.6 is 0 Å². The number of ketones is 2. The first kappa shape index (κ1) is 79.8. The first-order valence-corrected chi connectivity index (χ1v) is 38.1. The van der Waals surface area contributed by atoms with Gasteiger partial charge in [0.15, 0.2) is 11.6 Å². The molecular weight excluding hydrogens is 1430 g/mol. The van der Waals surface area contributed by atoms with Gasteiger partial charge >= 0.3 is 25.2 Å². The van der Waals surface area contributed by atoms with Crippen LogP contribution in [-0.2, 0) is 77.7 Å². The van der Waals surface area contributed by atoms with Crippen molar-refractivity contribution in [2.45, 2.75) is 220 Å². The first-order chi connectivity index (χ1) is 48.0. The fourth-order valence-corrected chi connectivity index (χ4v) is 23.7. The molecule has 23 nitrogen and oxygen atoms in total. The molecule has 5 aromatic rings. The quantitative estimate of drug-likeness (QED) is 0.0378. The highest BCUT2D eigenvalue weighted by atomic mass is 32.2. The molecule has 0 bridgehead atoms. The lowest BCUT2D eigenvalue weighted by Crippen LogP contribution is -2.58. The number of hydrogen-bond donors (Lipinski definition) is 2. The van der Waals surface area contributed by atoms with Gasteiger partial charge in [0.05, 0.1) is 92.1 Å². The van der Waals surface area contributed by atoms with Crippen LogP contribution in [0.1, 0.15) is 185 Å². The van der Waals surface area contributed by atoms with Crippen LogP contribution in [-0.4, -0.2) is 147 Å². The minimum atomic E-state index is -3.08. The Balaban J connectivity index is 0.000000184. The second kappa shape index (κ2) is 28.9. The third-order valence-electron chi connectivity index (χ3n) is 19.5. The van der Waals surface area contributed by atoms with Gasteiger partial charge in [-0.15, -0.1) is 0 Å². The summed E-state index contributed by atoms with van der Waals surface area (Å²) in [7, 11) is -8.66. The third kappa shape index (κ3) is 15.5. The highest BCUT2D eigenvalue weighted by Gasteiger charge is 2.60. The maximum absolute atomic E-state index is 15.5. The van der Waals surface area contributed by atoms with Crippen LogP contribution in [0.15, 0.2) is 107 Å². The van der Waals surface area contributed by atoms with E-state index in [0.717, 1.165) is 24.8 Å². The van der Waals surface area contributed by atoms with E-state index in [2.05, 4.69) is 47.5 Å². The number of aromatic nitrogens is 4. The minimum Gasteiger partial charge on any atom is -0.460 e. The predicted molar refractivity (Wildman–Crippen MR) is 380 cm³/mol. The SMILES string of the molecule is CC(C)(C)OC(=O)CC1=N[C@](C)(c2cc(CC(=O)c3cnc(OC(F)F)cn3)ccc2F)[C@@H]2CCN=[S@]2(=O)C1(C)C.CC(C)(C)OC(=O)CC1=N[C@](C)(c2cc(N)ccc2F)[C@@H]2CCN=[S@]2(=O)C1(C)C.CC1(C)C(N)=N[C@](C)(c2cc(CC(=O)c3cnc(OC(F)F)cn3)ccc2F)[C@@H]2CCN=[S@@]21=O. The zero-order valence-electron chi connectivity index (χ0n) is 60.5. The van der Waals surface area contributed by atoms with Crippen LogP contribution in [0, 0.1) is 17.5 Å². The number of carbonyl (C=O) groups excluding carboxylic acids is 4. The van der Waals surface area contributed by atoms with Gasteiger partial charge in [0.25, 0.3) is 0 Å². The van der Waals surface area contributed by atoms with Crippen LogP contribution in [0.5, 0.6) is 11.8 Å². The summed E-state index contributed by atoms with van der Waals surface area (Å²) in [5.74, 6) is -4.27. The Morgan fingerprint density at radius 1 is 0.481 bits per heavy atom. The number of halogens is 7. The average Bonchev–Trinajstić information content (AvgIpc) is 1.40. The Kier molecular flexibility index (Phi) is 22.1. The van der Waals surface area contributed by atoms with Crippen molar-refractivity contribution in [3.8, 4) is 11.8 Å². The molecule has 0 spiro atoms. The Morgan fingerprint density at radius 2 is 0.817 bits per heavy atom. The maximum atomic E-state index is 15.5. The number of nitrogens with two attached hydrogens (primary N) is 2. The summed E-state index contributed by atoms with van der Waals surface area (Å²) >= 11 is 0. The summed E-state index contributed by atoms with van der Waals surface area (Å²) in [6.07, 6.45) is 4.63. The molecule has 11 rings (SSSR count). The lowest BCUT2D eigenvalue weighted by atomic mass is 9.84. The zero-order chi connectivity index (χ0) is 77.1. The van der Waals surface area contributed by atoms with Crippen molar-refractivity contribution >= 4 is 75.6 Å². The van der Waals surface area contributed by atoms with Crippen LogP contribution in [0.3, 0.4) is 0 Å². The van der Waals surface area contributed by atoms with E-state index < -0.39 is 153 Å². The molecule has 0 aliphatic carbocycles.